The van der Waals surface area contributed by atoms with E-state index in [1.807, 2.05) is 6.92 Å². The van der Waals surface area contributed by atoms with Gasteiger partial charge < -0.3 is 9.84 Å². The number of halogens is 3. The maximum Gasteiger partial charge on any atom is 0.416 e. The van der Waals surface area contributed by atoms with E-state index >= 15 is 0 Å². The number of hydrogen-bond donors (Lipinski definition) is 1. The van der Waals surface area contributed by atoms with Crippen LogP contribution in [-0.4, -0.2) is 24.4 Å². The van der Waals surface area contributed by atoms with E-state index in [2.05, 4.69) is 0 Å². The van der Waals surface area contributed by atoms with E-state index in [0.717, 1.165) is 18.6 Å². The predicted molar refractivity (Wildman–Crippen MR) is 62.3 cm³/mol. The van der Waals surface area contributed by atoms with E-state index in [-0.39, 0.29) is 6.61 Å². The third-order valence-electron chi connectivity index (χ3n) is 2.41. The van der Waals surface area contributed by atoms with Gasteiger partial charge in [-0.05, 0) is 24.1 Å². The third-order valence-corrected chi connectivity index (χ3v) is 2.41. The van der Waals surface area contributed by atoms with Crippen LogP contribution in [0.3, 0.4) is 0 Å². The smallest absolute Gasteiger partial charge is 0.390 e. The third kappa shape index (κ3) is 5.06. The van der Waals surface area contributed by atoms with E-state index in [9.17, 15) is 18.3 Å². The Morgan fingerprint density at radius 1 is 1.22 bits per heavy atom. The van der Waals surface area contributed by atoms with Gasteiger partial charge in [0.05, 0.1) is 18.3 Å². The summed E-state index contributed by atoms with van der Waals surface area (Å²) in [5.74, 6) is 0. The molecule has 0 aromatic heterocycles. The van der Waals surface area contributed by atoms with Gasteiger partial charge in [-0.15, -0.1) is 0 Å². The van der Waals surface area contributed by atoms with E-state index in [4.69, 9.17) is 4.74 Å². The monoisotopic (exact) mass is 262 g/mol. The lowest BCUT2D eigenvalue weighted by Crippen LogP contribution is -2.18. The van der Waals surface area contributed by atoms with Crippen LogP contribution in [0.2, 0.25) is 0 Å². The number of aliphatic hydroxyl groups is 1. The molecule has 0 bridgehead atoms. The Kier molecular flexibility index (Phi) is 5.62. The molecule has 102 valence electrons. The fourth-order valence-electron chi connectivity index (χ4n) is 1.52. The zero-order valence-electron chi connectivity index (χ0n) is 10.2. The second-order valence-corrected chi connectivity index (χ2v) is 4.13. The molecule has 1 atom stereocenters. The van der Waals surface area contributed by atoms with Gasteiger partial charge in [-0.2, -0.15) is 13.2 Å². The molecular weight excluding hydrogens is 245 g/mol. The summed E-state index contributed by atoms with van der Waals surface area (Å²) >= 11 is 0. The van der Waals surface area contributed by atoms with Crippen molar-refractivity contribution in [3.63, 3.8) is 0 Å². The lowest BCUT2D eigenvalue weighted by atomic mass is 10.1. The average Bonchev–Trinajstić information content (AvgIpc) is 2.29. The van der Waals surface area contributed by atoms with Gasteiger partial charge >= 0.3 is 6.18 Å². The van der Waals surface area contributed by atoms with Crippen molar-refractivity contribution in [2.24, 2.45) is 0 Å². The molecule has 0 radical (unpaired) electrons. The minimum absolute atomic E-state index is 0.203. The summed E-state index contributed by atoms with van der Waals surface area (Å²) in [5.41, 5.74) is -0.0152. The minimum atomic E-state index is -4.32. The van der Waals surface area contributed by atoms with E-state index in [0.29, 0.717) is 18.6 Å². The zero-order valence-corrected chi connectivity index (χ0v) is 10.2. The number of alkyl halides is 3. The Labute approximate surface area is 104 Å². The van der Waals surface area contributed by atoms with Crippen LogP contribution in [-0.2, 0) is 17.3 Å². The average molecular weight is 262 g/mol. The molecule has 0 aliphatic carbocycles. The molecule has 2 nitrogen and oxygen atoms in total. The van der Waals surface area contributed by atoms with Crippen molar-refractivity contribution in [1.29, 1.82) is 0 Å². The molecule has 0 fully saturated rings. The van der Waals surface area contributed by atoms with E-state index < -0.39 is 17.8 Å². The van der Waals surface area contributed by atoms with Crippen LogP contribution in [0.4, 0.5) is 13.2 Å². The van der Waals surface area contributed by atoms with Gasteiger partial charge in [0.1, 0.15) is 0 Å². The summed E-state index contributed by atoms with van der Waals surface area (Å²) in [6, 6.07) is 4.81. The number of rotatable bonds is 6. The fourth-order valence-corrected chi connectivity index (χ4v) is 1.52. The molecule has 18 heavy (non-hydrogen) atoms. The quantitative estimate of drug-likeness (QED) is 0.798. The Balaban J connectivity index is 2.48. The van der Waals surface area contributed by atoms with Crippen molar-refractivity contribution in [3.05, 3.63) is 35.4 Å². The van der Waals surface area contributed by atoms with Gasteiger partial charge in [0.15, 0.2) is 0 Å². The molecule has 0 heterocycles. The van der Waals surface area contributed by atoms with Gasteiger partial charge in [0.25, 0.3) is 0 Å². The molecule has 1 rings (SSSR count). The highest BCUT2D eigenvalue weighted by Gasteiger charge is 2.29. The zero-order chi connectivity index (χ0) is 13.6. The lowest BCUT2D eigenvalue weighted by Gasteiger charge is -2.12. The summed E-state index contributed by atoms with van der Waals surface area (Å²) in [6.07, 6.45) is -3.84. The highest BCUT2D eigenvalue weighted by Crippen LogP contribution is 2.29. The number of ether oxygens (including phenoxy) is 1. The molecule has 1 aromatic carbocycles. The van der Waals surface area contributed by atoms with Crippen LogP contribution < -0.4 is 0 Å². The van der Waals surface area contributed by atoms with Crippen LogP contribution in [0.15, 0.2) is 24.3 Å². The molecule has 1 N–H and O–H groups in total. The first-order chi connectivity index (χ1) is 8.43. The molecule has 0 amide bonds. The van der Waals surface area contributed by atoms with Crippen LogP contribution >= 0.6 is 0 Å². The number of benzene rings is 1. The second kappa shape index (κ2) is 6.75. The molecular formula is C13H17F3O2. The van der Waals surface area contributed by atoms with E-state index in [1.165, 1.54) is 12.1 Å². The topological polar surface area (TPSA) is 29.5 Å². The SMILES string of the molecule is CCCOCC(O)Cc1ccc(C(F)(F)F)cc1. The Morgan fingerprint density at radius 3 is 2.33 bits per heavy atom. The summed E-state index contributed by atoms with van der Waals surface area (Å²) in [5, 5.41) is 9.61. The maximum atomic E-state index is 12.3. The van der Waals surface area contributed by atoms with Crippen molar-refractivity contribution >= 4 is 0 Å². The highest BCUT2D eigenvalue weighted by atomic mass is 19.4. The summed E-state index contributed by atoms with van der Waals surface area (Å²) in [4.78, 5) is 0. The molecule has 5 heteroatoms. The Bertz CT molecular complexity index is 346. The number of aliphatic hydroxyl groups excluding tert-OH is 1. The standard InChI is InChI=1S/C13H17F3O2/c1-2-7-18-9-12(17)8-10-3-5-11(6-4-10)13(14,15)16/h3-6,12,17H,2,7-9H2,1H3. The van der Waals surface area contributed by atoms with Crippen molar-refractivity contribution in [2.75, 3.05) is 13.2 Å². The fraction of sp³-hybridized carbons (Fsp3) is 0.538. The maximum absolute atomic E-state index is 12.3. The van der Waals surface area contributed by atoms with Crippen LogP contribution in [0.1, 0.15) is 24.5 Å². The largest absolute Gasteiger partial charge is 0.416 e. The second-order valence-electron chi connectivity index (χ2n) is 4.13. The Hall–Kier alpha value is -1.07. The predicted octanol–water partition coefficient (Wildman–Crippen LogP) is 3.04. The van der Waals surface area contributed by atoms with Crippen molar-refractivity contribution in [1.82, 2.24) is 0 Å². The van der Waals surface area contributed by atoms with E-state index in [1.54, 1.807) is 0 Å². The van der Waals surface area contributed by atoms with Crippen LogP contribution in [0.5, 0.6) is 0 Å². The molecule has 0 spiro atoms. The van der Waals surface area contributed by atoms with Gasteiger partial charge in [-0.3, -0.25) is 0 Å². The number of hydrogen-bond acceptors (Lipinski definition) is 2. The molecule has 0 saturated carbocycles. The minimum Gasteiger partial charge on any atom is -0.390 e. The van der Waals surface area contributed by atoms with Crippen LogP contribution in [0.25, 0.3) is 0 Å². The Morgan fingerprint density at radius 2 is 1.83 bits per heavy atom. The molecule has 1 unspecified atom stereocenters. The van der Waals surface area contributed by atoms with Crippen LogP contribution in [0, 0.1) is 0 Å². The normalized spacial score (nSPS) is 13.6. The summed E-state index contributed by atoms with van der Waals surface area (Å²) in [7, 11) is 0. The first-order valence-electron chi connectivity index (χ1n) is 5.85. The van der Waals surface area contributed by atoms with Gasteiger partial charge in [0, 0.05) is 13.0 Å². The lowest BCUT2D eigenvalue weighted by molar-refractivity contribution is -0.137. The molecule has 0 saturated heterocycles. The van der Waals surface area contributed by atoms with Gasteiger partial charge in [-0.1, -0.05) is 19.1 Å². The summed E-state index contributed by atoms with van der Waals surface area (Å²) in [6.45, 7) is 2.74. The van der Waals surface area contributed by atoms with Crippen molar-refractivity contribution < 1.29 is 23.0 Å². The highest BCUT2D eigenvalue weighted by molar-refractivity contribution is 5.25. The molecule has 0 aliphatic rings. The van der Waals surface area contributed by atoms with Gasteiger partial charge in [0.2, 0.25) is 0 Å². The van der Waals surface area contributed by atoms with Gasteiger partial charge in [-0.25, -0.2) is 0 Å². The molecule has 1 aromatic rings. The first-order valence-corrected chi connectivity index (χ1v) is 5.85. The first kappa shape index (κ1) is 15.0. The summed E-state index contributed by atoms with van der Waals surface area (Å²) < 4.78 is 42.1. The molecule has 0 aliphatic heterocycles. The van der Waals surface area contributed by atoms with Crippen molar-refractivity contribution in [2.45, 2.75) is 32.0 Å². The van der Waals surface area contributed by atoms with Crippen molar-refractivity contribution in [3.8, 4) is 0 Å².